The van der Waals surface area contributed by atoms with Crippen molar-refractivity contribution in [2.75, 3.05) is 13.2 Å². The number of ether oxygens (including phenoxy) is 1. The number of nitriles is 1. The molecule has 0 bridgehead atoms. The van der Waals surface area contributed by atoms with E-state index in [2.05, 4.69) is 36.6 Å². The van der Waals surface area contributed by atoms with Gasteiger partial charge in [0.2, 0.25) is 0 Å². The quantitative estimate of drug-likeness (QED) is 0.875. The Morgan fingerprint density at radius 1 is 1.32 bits per heavy atom. The van der Waals surface area contributed by atoms with Crippen molar-refractivity contribution in [2.45, 2.75) is 45.6 Å². The van der Waals surface area contributed by atoms with Crippen LogP contribution in [0.3, 0.4) is 0 Å². The highest BCUT2D eigenvalue weighted by Gasteiger charge is 2.31. The minimum absolute atomic E-state index is 0.215. The monoisotopic (exact) mass is 298 g/mol. The molecule has 0 aromatic carbocycles. The summed E-state index contributed by atoms with van der Waals surface area (Å²) in [6, 6.07) is 8.83. The highest BCUT2D eigenvalue weighted by atomic mass is 16.5. The standard InChI is InChI=1S/C17H22N4O/c1-12-5-6-13(2)20(12)16-9-15(17(3,4)11-18)21(19-16)14-7-8-22-10-14/h5-6,9,14H,7-8,10H2,1-4H3/t14-/m1/s1. The van der Waals surface area contributed by atoms with Crippen LogP contribution in [0.2, 0.25) is 0 Å². The zero-order valence-electron chi connectivity index (χ0n) is 13.6. The van der Waals surface area contributed by atoms with Crippen molar-refractivity contribution < 1.29 is 4.74 Å². The van der Waals surface area contributed by atoms with Crippen LogP contribution in [0.4, 0.5) is 0 Å². The van der Waals surface area contributed by atoms with Crippen LogP contribution in [0, 0.1) is 25.2 Å². The first-order chi connectivity index (χ1) is 10.4. The van der Waals surface area contributed by atoms with Crippen molar-refractivity contribution in [2.24, 2.45) is 0 Å². The normalized spacial score (nSPS) is 18.6. The minimum Gasteiger partial charge on any atom is -0.379 e. The second-order valence-electron chi connectivity index (χ2n) is 6.54. The second-order valence-corrected chi connectivity index (χ2v) is 6.54. The summed E-state index contributed by atoms with van der Waals surface area (Å²) in [4.78, 5) is 0. The topological polar surface area (TPSA) is 55.8 Å². The third-order valence-electron chi connectivity index (χ3n) is 4.39. The molecule has 2 aromatic heterocycles. The Bertz CT molecular complexity index is 707. The minimum atomic E-state index is -0.581. The first kappa shape index (κ1) is 14.9. The molecule has 3 heterocycles. The molecule has 5 heteroatoms. The van der Waals surface area contributed by atoms with E-state index in [9.17, 15) is 5.26 Å². The van der Waals surface area contributed by atoms with Crippen LogP contribution < -0.4 is 0 Å². The Hall–Kier alpha value is -2.06. The van der Waals surface area contributed by atoms with Crippen LogP contribution in [-0.2, 0) is 10.2 Å². The van der Waals surface area contributed by atoms with Gasteiger partial charge in [-0.1, -0.05) is 0 Å². The van der Waals surface area contributed by atoms with Crippen LogP contribution in [0.5, 0.6) is 0 Å². The van der Waals surface area contributed by atoms with Crippen molar-refractivity contribution in [3.8, 4) is 11.9 Å². The van der Waals surface area contributed by atoms with Crippen molar-refractivity contribution in [1.82, 2.24) is 14.3 Å². The smallest absolute Gasteiger partial charge is 0.159 e. The number of aryl methyl sites for hydroxylation is 2. The molecule has 0 spiro atoms. The zero-order valence-corrected chi connectivity index (χ0v) is 13.6. The molecule has 0 saturated carbocycles. The van der Waals surface area contributed by atoms with Gasteiger partial charge in [-0.15, -0.1) is 0 Å². The Kier molecular flexibility index (Phi) is 3.57. The fourth-order valence-electron chi connectivity index (χ4n) is 3.04. The lowest BCUT2D eigenvalue weighted by Crippen LogP contribution is -2.23. The summed E-state index contributed by atoms with van der Waals surface area (Å²) >= 11 is 0. The van der Waals surface area contributed by atoms with Gasteiger partial charge in [0.05, 0.1) is 29.8 Å². The van der Waals surface area contributed by atoms with E-state index < -0.39 is 5.41 Å². The Balaban J connectivity index is 2.15. The number of nitrogens with zero attached hydrogens (tertiary/aromatic N) is 4. The molecule has 3 rings (SSSR count). The van der Waals surface area contributed by atoms with Crippen LogP contribution in [0.25, 0.3) is 5.82 Å². The van der Waals surface area contributed by atoms with Gasteiger partial charge in [-0.2, -0.15) is 10.4 Å². The molecule has 1 aliphatic rings. The third-order valence-corrected chi connectivity index (χ3v) is 4.39. The zero-order chi connectivity index (χ0) is 15.9. The highest BCUT2D eigenvalue weighted by Crippen LogP contribution is 2.30. The lowest BCUT2D eigenvalue weighted by Gasteiger charge is -2.20. The van der Waals surface area contributed by atoms with Gasteiger partial charge in [-0.05, 0) is 46.2 Å². The second kappa shape index (κ2) is 5.29. The summed E-state index contributed by atoms with van der Waals surface area (Å²) in [6.07, 6.45) is 0.944. The summed E-state index contributed by atoms with van der Waals surface area (Å²) in [6.45, 7) is 9.44. The Morgan fingerprint density at radius 2 is 2.00 bits per heavy atom. The van der Waals surface area contributed by atoms with E-state index in [-0.39, 0.29) is 6.04 Å². The lowest BCUT2D eigenvalue weighted by molar-refractivity contribution is 0.183. The van der Waals surface area contributed by atoms with Gasteiger partial charge in [-0.25, -0.2) is 0 Å². The van der Waals surface area contributed by atoms with Crippen molar-refractivity contribution >= 4 is 0 Å². The van der Waals surface area contributed by atoms with E-state index in [1.54, 1.807) is 0 Å². The Labute approximate surface area is 131 Å². The molecule has 0 aliphatic carbocycles. The fraction of sp³-hybridized carbons (Fsp3) is 0.529. The van der Waals surface area contributed by atoms with Crippen molar-refractivity contribution in [1.29, 1.82) is 5.26 Å². The van der Waals surface area contributed by atoms with Gasteiger partial charge in [-0.3, -0.25) is 4.68 Å². The summed E-state index contributed by atoms with van der Waals surface area (Å²) in [5.41, 5.74) is 2.66. The first-order valence-electron chi connectivity index (χ1n) is 7.68. The van der Waals surface area contributed by atoms with E-state index in [1.165, 1.54) is 0 Å². The lowest BCUT2D eigenvalue weighted by atomic mass is 9.91. The van der Waals surface area contributed by atoms with E-state index in [0.717, 1.165) is 35.9 Å². The number of hydrogen-bond donors (Lipinski definition) is 0. The Morgan fingerprint density at radius 3 is 2.55 bits per heavy atom. The van der Waals surface area contributed by atoms with Gasteiger partial charge < -0.3 is 9.30 Å². The maximum absolute atomic E-state index is 9.53. The molecule has 0 N–H and O–H groups in total. The van der Waals surface area contributed by atoms with E-state index in [1.807, 2.05) is 24.6 Å². The molecule has 0 radical (unpaired) electrons. The van der Waals surface area contributed by atoms with Crippen LogP contribution >= 0.6 is 0 Å². The molecule has 2 aromatic rings. The molecule has 0 amide bonds. The SMILES string of the molecule is Cc1ccc(C)n1-c1cc(C(C)(C)C#N)n([C@@H]2CCOC2)n1. The molecule has 1 aliphatic heterocycles. The molecule has 116 valence electrons. The summed E-state index contributed by atoms with van der Waals surface area (Å²) in [5.74, 6) is 0.880. The number of hydrogen-bond acceptors (Lipinski definition) is 3. The van der Waals surface area contributed by atoms with Crippen LogP contribution in [0.15, 0.2) is 18.2 Å². The van der Waals surface area contributed by atoms with E-state index in [0.29, 0.717) is 6.61 Å². The molecule has 22 heavy (non-hydrogen) atoms. The van der Waals surface area contributed by atoms with Crippen LogP contribution in [-0.4, -0.2) is 27.6 Å². The number of aromatic nitrogens is 3. The van der Waals surface area contributed by atoms with Gasteiger partial charge in [0, 0.05) is 24.1 Å². The molecule has 1 fully saturated rings. The van der Waals surface area contributed by atoms with Gasteiger partial charge in [0.25, 0.3) is 0 Å². The predicted molar refractivity (Wildman–Crippen MR) is 84.1 cm³/mol. The molecular formula is C17H22N4O. The van der Waals surface area contributed by atoms with Crippen molar-refractivity contribution in [3.05, 3.63) is 35.3 Å². The molecule has 1 atom stereocenters. The molecule has 1 saturated heterocycles. The average molecular weight is 298 g/mol. The number of rotatable bonds is 3. The van der Waals surface area contributed by atoms with Crippen LogP contribution in [0.1, 0.15) is 43.4 Å². The van der Waals surface area contributed by atoms with Gasteiger partial charge in [0.15, 0.2) is 5.82 Å². The summed E-state index contributed by atoms with van der Waals surface area (Å²) < 4.78 is 9.64. The first-order valence-corrected chi connectivity index (χ1v) is 7.68. The van der Waals surface area contributed by atoms with E-state index in [4.69, 9.17) is 9.84 Å². The summed E-state index contributed by atoms with van der Waals surface area (Å²) in [7, 11) is 0. The summed E-state index contributed by atoms with van der Waals surface area (Å²) in [5, 5.41) is 14.4. The maximum atomic E-state index is 9.53. The highest BCUT2D eigenvalue weighted by molar-refractivity contribution is 5.37. The fourth-order valence-corrected chi connectivity index (χ4v) is 3.04. The maximum Gasteiger partial charge on any atom is 0.159 e. The molecule has 5 nitrogen and oxygen atoms in total. The van der Waals surface area contributed by atoms with Crippen molar-refractivity contribution in [3.63, 3.8) is 0 Å². The predicted octanol–water partition coefficient (Wildman–Crippen LogP) is 3.05. The van der Waals surface area contributed by atoms with E-state index >= 15 is 0 Å². The largest absolute Gasteiger partial charge is 0.379 e. The molecular weight excluding hydrogens is 276 g/mol. The molecule has 0 unspecified atom stereocenters. The average Bonchev–Trinajstić information content (AvgIpc) is 3.18. The van der Waals surface area contributed by atoms with Gasteiger partial charge >= 0.3 is 0 Å². The third kappa shape index (κ3) is 2.34. The van der Waals surface area contributed by atoms with Gasteiger partial charge in [0.1, 0.15) is 0 Å².